The first-order valence-corrected chi connectivity index (χ1v) is 6.64. The molecule has 2 aromatic carbocycles. The Morgan fingerprint density at radius 2 is 2.00 bits per heavy atom. The molecule has 0 saturated carbocycles. The Morgan fingerprint density at radius 1 is 1.27 bits per heavy atom. The number of aromatic amines is 1. The first-order chi connectivity index (χ1) is 10.6. The molecule has 6 nitrogen and oxygen atoms in total. The molecule has 0 bridgehead atoms. The molecule has 0 radical (unpaired) electrons. The normalized spacial score (nSPS) is 10.6. The summed E-state index contributed by atoms with van der Waals surface area (Å²) in [5.41, 5.74) is 1.12. The third-order valence-electron chi connectivity index (χ3n) is 3.37. The standard InChI is InChI=1S/C16H13N3O3/c1-9-7-11(20)14-12(16(22)18-8-17-14)13(9)19-15(21)10-5-3-2-4-6-10/h2-8,20H,1H3,(H,19,21)(H,17,18,22). The number of rotatable bonds is 2. The average Bonchev–Trinajstić information content (AvgIpc) is 2.52. The van der Waals surface area contributed by atoms with E-state index in [0.29, 0.717) is 16.8 Å². The smallest absolute Gasteiger partial charge is 0.260 e. The number of carbonyl (C=O) groups excluding carboxylic acids is 1. The number of aromatic hydroxyl groups is 1. The van der Waals surface area contributed by atoms with Gasteiger partial charge in [0.15, 0.2) is 0 Å². The van der Waals surface area contributed by atoms with Crippen LogP contribution in [0.15, 0.2) is 47.5 Å². The van der Waals surface area contributed by atoms with E-state index in [9.17, 15) is 14.7 Å². The van der Waals surface area contributed by atoms with Gasteiger partial charge in [-0.1, -0.05) is 18.2 Å². The summed E-state index contributed by atoms with van der Waals surface area (Å²) in [6, 6.07) is 10.1. The maximum absolute atomic E-state index is 12.3. The van der Waals surface area contributed by atoms with Crippen molar-refractivity contribution in [3.63, 3.8) is 0 Å². The molecule has 3 rings (SSSR count). The molecule has 0 fully saturated rings. The molecular weight excluding hydrogens is 282 g/mol. The van der Waals surface area contributed by atoms with E-state index in [1.165, 1.54) is 12.4 Å². The van der Waals surface area contributed by atoms with Crippen molar-refractivity contribution in [2.45, 2.75) is 6.92 Å². The van der Waals surface area contributed by atoms with Crippen LogP contribution in [0.25, 0.3) is 10.9 Å². The molecule has 1 heterocycles. The van der Waals surface area contributed by atoms with Gasteiger partial charge in [0.2, 0.25) is 0 Å². The average molecular weight is 295 g/mol. The molecule has 1 amide bonds. The van der Waals surface area contributed by atoms with Gasteiger partial charge in [-0.15, -0.1) is 0 Å². The monoisotopic (exact) mass is 295 g/mol. The highest BCUT2D eigenvalue weighted by molar-refractivity contribution is 6.10. The predicted molar refractivity (Wildman–Crippen MR) is 83.2 cm³/mol. The number of hydrogen-bond acceptors (Lipinski definition) is 4. The second-order valence-corrected chi connectivity index (χ2v) is 4.86. The van der Waals surface area contributed by atoms with Crippen molar-refractivity contribution in [1.29, 1.82) is 0 Å². The number of carbonyl (C=O) groups is 1. The van der Waals surface area contributed by atoms with E-state index >= 15 is 0 Å². The summed E-state index contributed by atoms with van der Waals surface area (Å²) in [6.07, 6.45) is 1.21. The summed E-state index contributed by atoms with van der Waals surface area (Å²) in [6.45, 7) is 1.70. The summed E-state index contributed by atoms with van der Waals surface area (Å²) in [4.78, 5) is 30.8. The number of nitrogens with zero attached hydrogens (tertiary/aromatic N) is 1. The predicted octanol–water partition coefficient (Wildman–Crippen LogP) is 2.19. The molecular formula is C16H13N3O3. The summed E-state index contributed by atoms with van der Waals surface area (Å²) < 4.78 is 0. The topological polar surface area (TPSA) is 95.1 Å². The molecule has 0 unspecified atom stereocenters. The highest BCUT2D eigenvalue weighted by atomic mass is 16.3. The second-order valence-electron chi connectivity index (χ2n) is 4.86. The number of benzene rings is 2. The van der Waals surface area contributed by atoms with E-state index in [1.54, 1.807) is 31.2 Å². The zero-order valence-electron chi connectivity index (χ0n) is 11.8. The van der Waals surface area contributed by atoms with E-state index in [-0.39, 0.29) is 22.6 Å². The molecule has 1 aromatic heterocycles. The van der Waals surface area contributed by atoms with Crippen molar-refractivity contribution < 1.29 is 9.90 Å². The van der Waals surface area contributed by atoms with Gasteiger partial charge in [0.1, 0.15) is 11.3 Å². The van der Waals surface area contributed by atoms with E-state index in [1.807, 2.05) is 6.07 Å². The quantitative estimate of drug-likeness (QED) is 0.631. The Bertz CT molecular complexity index is 917. The van der Waals surface area contributed by atoms with E-state index in [0.717, 1.165) is 0 Å². The summed E-state index contributed by atoms with van der Waals surface area (Å²) in [7, 11) is 0. The van der Waals surface area contributed by atoms with Gasteiger partial charge in [0.25, 0.3) is 11.5 Å². The minimum atomic E-state index is -0.424. The third kappa shape index (κ3) is 2.31. The number of aromatic nitrogens is 2. The highest BCUT2D eigenvalue weighted by Gasteiger charge is 2.16. The maximum atomic E-state index is 12.3. The molecule has 0 atom stereocenters. The number of anilines is 1. The molecule has 0 aliphatic heterocycles. The lowest BCUT2D eigenvalue weighted by atomic mass is 10.1. The minimum absolute atomic E-state index is 0.101. The van der Waals surface area contributed by atoms with Crippen molar-refractivity contribution in [2.24, 2.45) is 0 Å². The van der Waals surface area contributed by atoms with Crippen molar-refractivity contribution in [3.8, 4) is 5.75 Å². The van der Waals surface area contributed by atoms with Crippen LogP contribution in [-0.2, 0) is 0 Å². The van der Waals surface area contributed by atoms with Crippen LogP contribution in [0.4, 0.5) is 5.69 Å². The fourth-order valence-electron chi connectivity index (χ4n) is 2.30. The van der Waals surface area contributed by atoms with E-state index < -0.39 is 5.56 Å². The molecule has 22 heavy (non-hydrogen) atoms. The van der Waals surface area contributed by atoms with Crippen LogP contribution >= 0.6 is 0 Å². The van der Waals surface area contributed by atoms with E-state index in [4.69, 9.17) is 0 Å². The Labute approximate surface area is 125 Å². The molecule has 110 valence electrons. The van der Waals surface area contributed by atoms with Gasteiger partial charge in [0, 0.05) is 5.56 Å². The number of nitrogens with one attached hydrogen (secondary N) is 2. The number of amides is 1. The highest BCUT2D eigenvalue weighted by Crippen LogP contribution is 2.30. The van der Waals surface area contributed by atoms with Gasteiger partial charge in [-0.25, -0.2) is 4.98 Å². The zero-order valence-corrected chi connectivity index (χ0v) is 11.8. The zero-order chi connectivity index (χ0) is 15.7. The minimum Gasteiger partial charge on any atom is -0.506 e. The van der Waals surface area contributed by atoms with Gasteiger partial charge >= 0.3 is 0 Å². The molecule has 0 aliphatic carbocycles. The molecule has 0 spiro atoms. The Hall–Kier alpha value is -3.15. The first-order valence-electron chi connectivity index (χ1n) is 6.64. The van der Waals surface area contributed by atoms with Crippen LogP contribution in [0.1, 0.15) is 15.9 Å². The lowest BCUT2D eigenvalue weighted by Gasteiger charge is -2.12. The van der Waals surface area contributed by atoms with Gasteiger partial charge in [-0.2, -0.15) is 0 Å². The molecule has 3 aromatic rings. The fourth-order valence-corrected chi connectivity index (χ4v) is 2.30. The van der Waals surface area contributed by atoms with Crippen molar-refractivity contribution in [3.05, 3.63) is 64.2 Å². The lowest BCUT2D eigenvalue weighted by Crippen LogP contribution is -2.16. The molecule has 3 N–H and O–H groups in total. The van der Waals surface area contributed by atoms with Crippen LogP contribution in [-0.4, -0.2) is 21.0 Å². The number of H-pyrrole nitrogens is 1. The SMILES string of the molecule is Cc1cc(O)c2nc[nH]c(=O)c2c1NC(=O)c1ccccc1. The molecule has 0 aliphatic rings. The molecule has 0 saturated heterocycles. The number of fused-ring (bicyclic) bond motifs is 1. The number of aryl methyl sites for hydroxylation is 1. The van der Waals surface area contributed by atoms with Crippen molar-refractivity contribution in [2.75, 3.05) is 5.32 Å². The van der Waals surface area contributed by atoms with Crippen molar-refractivity contribution in [1.82, 2.24) is 9.97 Å². The summed E-state index contributed by atoms with van der Waals surface area (Å²) in [5.74, 6) is -0.435. The number of phenols is 1. The number of hydrogen-bond donors (Lipinski definition) is 3. The van der Waals surface area contributed by atoms with Crippen LogP contribution < -0.4 is 10.9 Å². The van der Waals surface area contributed by atoms with Crippen molar-refractivity contribution >= 4 is 22.5 Å². The van der Waals surface area contributed by atoms with Crippen LogP contribution in [0, 0.1) is 6.92 Å². The Kier molecular flexibility index (Phi) is 3.34. The Morgan fingerprint density at radius 3 is 2.73 bits per heavy atom. The Balaban J connectivity index is 2.15. The largest absolute Gasteiger partial charge is 0.506 e. The summed E-state index contributed by atoms with van der Waals surface area (Å²) >= 11 is 0. The van der Waals surface area contributed by atoms with Crippen LogP contribution in [0.3, 0.4) is 0 Å². The molecule has 6 heteroatoms. The first kappa shape index (κ1) is 13.8. The van der Waals surface area contributed by atoms with Gasteiger partial charge in [0.05, 0.1) is 17.4 Å². The number of phenolic OH excluding ortho intramolecular Hbond substituents is 1. The third-order valence-corrected chi connectivity index (χ3v) is 3.37. The van der Waals surface area contributed by atoms with E-state index in [2.05, 4.69) is 15.3 Å². The lowest BCUT2D eigenvalue weighted by molar-refractivity contribution is 0.102. The van der Waals surface area contributed by atoms with Gasteiger partial charge < -0.3 is 15.4 Å². The summed E-state index contributed by atoms with van der Waals surface area (Å²) in [5, 5.41) is 12.8. The maximum Gasteiger partial charge on any atom is 0.260 e. The second kappa shape index (κ2) is 5.33. The fraction of sp³-hybridized carbons (Fsp3) is 0.0625. The van der Waals surface area contributed by atoms with Gasteiger partial charge in [-0.3, -0.25) is 9.59 Å². The van der Waals surface area contributed by atoms with Crippen LogP contribution in [0.5, 0.6) is 5.75 Å². The van der Waals surface area contributed by atoms with Gasteiger partial charge in [-0.05, 0) is 30.7 Å². The van der Waals surface area contributed by atoms with Crippen LogP contribution in [0.2, 0.25) is 0 Å².